The third kappa shape index (κ3) is 2.43. The molecular formula is C12H21N3O3. The first-order valence-corrected chi connectivity index (χ1v) is 6.44. The van der Waals surface area contributed by atoms with Crippen LogP contribution in [-0.4, -0.2) is 67.2 Å². The van der Waals surface area contributed by atoms with Crippen molar-refractivity contribution in [2.45, 2.75) is 25.3 Å². The van der Waals surface area contributed by atoms with E-state index in [-0.39, 0.29) is 12.0 Å². The van der Waals surface area contributed by atoms with Gasteiger partial charge in [-0.3, -0.25) is 4.79 Å². The molecule has 2 rings (SSSR count). The minimum absolute atomic E-state index is 0.157. The summed E-state index contributed by atoms with van der Waals surface area (Å²) in [5, 5.41) is 3.28. The molecule has 2 saturated heterocycles. The molecule has 2 amide bonds. The Kier molecular flexibility index (Phi) is 3.75. The second-order valence-electron chi connectivity index (χ2n) is 5.11. The van der Waals surface area contributed by atoms with Gasteiger partial charge in [0.25, 0.3) is 0 Å². The lowest BCUT2D eigenvalue weighted by atomic mass is 9.98. The molecular weight excluding hydrogens is 234 g/mol. The topological polar surface area (TPSA) is 61.9 Å². The molecule has 6 nitrogen and oxygen atoms in total. The first-order valence-electron chi connectivity index (χ1n) is 6.44. The number of hydrogen-bond acceptors (Lipinski definition) is 4. The van der Waals surface area contributed by atoms with Gasteiger partial charge in [0.15, 0.2) is 0 Å². The van der Waals surface area contributed by atoms with E-state index in [0.717, 1.165) is 19.4 Å². The molecule has 2 aliphatic rings. The number of methoxy groups -OCH3 is 1. The Bertz CT molecular complexity index is 331. The average molecular weight is 255 g/mol. The van der Waals surface area contributed by atoms with Crippen LogP contribution in [0.3, 0.4) is 0 Å². The van der Waals surface area contributed by atoms with E-state index in [1.807, 2.05) is 11.8 Å². The van der Waals surface area contributed by atoms with E-state index in [2.05, 4.69) is 10.1 Å². The molecule has 0 aromatic carbocycles. The fourth-order valence-electron chi connectivity index (χ4n) is 2.65. The molecule has 0 radical (unpaired) electrons. The summed E-state index contributed by atoms with van der Waals surface area (Å²) >= 11 is 0. The molecule has 102 valence electrons. The van der Waals surface area contributed by atoms with Crippen molar-refractivity contribution in [3.63, 3.8) is 0 Å². The minimum atomic E-state index is -0.409. The molecule has 0 aromatic heterocycles. The Hall–Kier alpha value is -1.30. The van der Waals surface area contributed by atoms with Crippen molar-refractivity contribution < 1.29 is 14.3 Å². The molecule has 6 heteroatoms. The number of ether oxygens (including phenoxy) is 1. The number of hydrogen-bond donors (Lipinski definition) is 1. The van der Waals surface area contributed by atoms with Crippen LogP contribution in [0.15, 0.2) is 0 Å². The normalized spacial score (nSPS) is 28.3. The second-order valence-corrected chi connectivity index (χ2v) is 5.11. The highest BCUT2D eigenvalue weighted by molar-refractivity contribution is 5.86. The maximum atomic E-state index is 12.4. The molecule has 0 bridgehead atoms. The largest absolute Gasteiger partial charge is 0.453 e. The predicted octanol–water partition coefficient (Wildman–Crippen LogP) is 0.0391. The summed E-state index contributed by atoms with van der Waals surface area (Å²) in [6, 6.07) is 0. The number of rotatable bonds is 1. The first-order chi connectivity index (χ1) is 8.57. The van der Waals surface area contributed by atoms with Crippen LogP contribution < -0.4 is 5.32 Å². The van der Waals surface area contributed by atoms with Gasteiger partial charge in [-0.25, -0.2) is 4.79 Å². The zero-order valence-corrected chi connectivity index (χ0v) is 11.1. The summed E-state index contributed by atoms with van der Waals surface area (Å²) in [5.41, 5.74) is -0.409. The minimum Gasteiger partial charge on any atom is -0.453 e. The zero-order valence-electron chi connectivity index (χ0n) is 11.1. The van der Waals surface area contributed by atoms with E-state index in [9.17, 15) is 9.59 Å². The van der Waals surface area contributed by atoms with Crippen LogP contribution in [0.25, 0.3) is 0 Å². The molecule has 0 aliphatic carbocycles. The number of carbonyl (C=O) groups excluding carboxylic acids is 2. The highest BCUT2D eigenvalue weighted by Gasteiger charge is 2.39. The van der Waals surface area contributed by atoms with Crippen LogP contribution in [-0.2, 0) is 9.53 Å². The molecule has 2 heterocycles. The van der Waals surface area contributed by atoms with Gasteiger partial charge in [0.1, 0.15) is 0 Å². The van der Waals surface area contributed by atoms with E-state index in [1.54, 1.807) is 4.90 Å². The molecule has 0 aromatic rings. The van der Waals surface area contributed by atoms with Crippen molar-refractivity contribution >= 4 is 12.0 Å². The van der Waals surface area contributed by atoms with Gasteiger partial charge in [-0.2, -0.15) is 0 Å². The number of amides is 2. The summed E-state index contributed by atoms with van der Waals surface area (Å²) in [7, 11) is 1.38. The van der Waals surface area contributed by atoms with E-state index in [1.165, 1.54) is 7.11 Å². The van der Waals surface area contributed by atoms with Gasteiger partial charge in [-0.15, -0.1) is 0 Å². The van der Waals surface area contributed by atoms with Crippen molar-refractivity contribution in [1.82, 2.24) is 15.1 Å². The van der Waals surface area contributed by atoms with Crippen LogP contribution in [0.5, 0.6) is 0 Å². The lowest BCUT2D eigenvalue weighted by Gasteiger charge is -2.38. The molecule has 1 atom stereocenters. The Morgan fingerprint density at radius 2 is 1.78 bits per heavy atom. The number of nitrogens with one attached hydrogen (secondary N) is 1. The van der Waals surface area contributed by atoms with Gasteiger partial charge in [0, 0.05) is 26.2 Å². The Balaban J connectivity index is 1.89. The maximum absolute atomic E-state index is 12.4. The molecule has 18 heavy (non-hydrogen) atoms. The van der Waals surface area contributed by atoms with Gasteiger partial charge < -0.3 is 19.9 Å². The summed E-state index contributed by atoms with van der Waals surface area (Å²) < 4.78 is 4.68. The molecule has 2 fully saturated rings. The summed E-state index contributed by atoms with van der Waals surface area (Å²) in [6.45, 7) is 5.15. The highest BCUT2D eigenvalue weighted by atomic mass is 16.5. The Morgan fingerprint density at radius 3 is 2.28 bits per heavy atom. The van der Waals surface area contributed by atoms with Crippen molar-refractivity contribution in [3.05, 3.63) is 0 Å². The van der Waals surface area contributed by atoms with Gasteiger partial charge in [0.2, 0.25) is 5.91 Å². The lowest BCUT2D eigenvalue weighted by Crippen LogP contribution is -2.58. The molecule has 0 spiro atoms. The van der Waals surface area contributed by atoms with E-state index in [4.69, 9.17) is 0 Å². The van der Waals surface area contributed by atoms with Crippen molar-refractivity contribution in [2.75, 3.05) is 39.8 Å². The van der Waals surface area contributed by atoms with Gasteiger partial charge in [-0.05, 0) is 26.3 Å². The zero-order chi connectivity index (χ0) is 13.2. The van der Waals surface area contributed by atoms with E-state index < -0.39 is 5.54 Å². The van der Waals surface area contributed by atoms with Crippen molar-refractivity contribution in [1.29, 1.82) is 0 Å². The quantitative estimate of drug-likeness (QED) is 0.718. The van der Waals surface area contributed by atoms with E-state index >= 15 is 0 Å². The van der Waals surface area contributed by atoms with Gasteiger partial charge >= 0.3 is 6.09 Å². The first kappa shape index (κ1) is 13.1. The molecule has 1 unspecified atom stereocenters. The average Bonchev–Trinajstić information content (AvgIpc) is 2.85. The number of nitrogens with zero attached hydrogens (tertiary/aromatic N) is 2. The van der Waals surface area contributed by atoms with Crippen molar-refractivity contribution in [3.8, 4) is 0 Å². The molecule has 1 N–H and O–H groups in total. The second kappa shape index (κ2) is 5.14. The SMILES string of the molecule is COC(=O)N1CCN(C(=O)C2(C)CCCN2)CC1. The van der Waals surface area contributed by atoms with Crippen molar-refractivity contribution in [2.24, 2.45) is 0 Å². The standard InChI is InChI=1S/C12H21N3O3/c1-12(4-3-5-13-12)10(16)14-6-8-15(9-7-14)11(17)18-2/h13H,3-9H2,1-2H3. The Labute approximate surface area is 107 Å². The predicted molar refractivity (Wildman–Crippen MR) is 66.2 cm³/mol. The van der Waals surface area contributed by atoms with Gasteiger partial charge in [-0.1, -0.05) is 0 Å². The van der Waals surface area contributed by atoms with Gasteiger partial charge in [0.05, 0.1) is 12.6 Å². The number of carbonyl (C=O) groups is 2. The van der Waals surface area contributed by atoms with Crippen LogP contribution in [0.2, 0.25) is 0 Å². The Morgan fingerprint density at radius 1 is 1.17 bits per heavy atom. The third-order valence-electron chi connectivity index (χ3n) is 3.84. The smallest absolute Gasteiger partial charge is 0.409 e. The molecule has 2 aliphatic heterocycles. The van der Waals surface area contributed by atoms with E-state index in [0.29, 0.717) is 26.2 Å². The number of piperazine rings is 1. The third-order valence-corrected chi connectivity index (χ3v) is 3.84. The van der Waals surface area contributed by atoms with Crippen LogP contribution in [0.4, 0.5) is 4.79 Å². The van der Waals surface area contributed by atoms with Crippen LogP contribution in [0.1, 0.15) is 19.8 Å². The summed E-state index contributed by atoms with van der Waals surface area (Å²) in [4.78, 5) is 27.2. The highest BCUT2D eigenvalue weighted by Crippen LogP contribution is 2.22. The monoisotopic (exact) mass is 255 g/mol. The lowest BCUT2D eigenvalue weighted by molar-refractivity contribution is -0.138. The fourth-order valence-corrected chi connectivity index (χ4v) is 2.65. The maximum Gasteiger partial charge on any atom is 0.409 e. The fraction of sp³-hybridized carbons (Fsp3) is 0.833. The summed E-state index contributed by atoms with van der Waals surface area (Å²) in [6.07, 6.45) is 1.63. The van der Waals surface area contributed by atoms with Crippen LogP contribution >= 0.6 is 0 Å². The molecule has 0 saturated carbocycles. The summed E-state index contributed by atoms with van der Waals surface area (Å²) in [5.74, 6) is 0.157. The van der Waals surface area contributed by atoms with Crippen LogP contribution in [0, 0.1) is 0 Å².